The highest BCUT2D eigenvalue weighted by Crippen LogP contribution is 2.67. The van der Waals surface area contributed by atoms with Crippen molar-refractivity contribution in [3.63, 3.8) is 0 Å². The summed E-state index contributed by atoms with van der Waals surface area (Å²) in [4.78, 5) is 69.9. The molecule has 3 unspecified atom stereocenters. The molecule has 4 fully saturated rings. The van der Waals surface area contributed by atoms with Crippen LogP contribution in [0.4, 0.5) is 0 Å². The van der Waals surface area contributed by atoms with Crippen molar-refractivity contribution in [1.82, 2.24) is 31.1 Å². The van der Waals surface area contributed by atoms with Crippen LogP contribution in [0.15, 0.2) is 0 Å². The van der Waals surface area contributed by atoms with Crippen molar-refractivity contribution >= 4 is 29.4 Å². The van der Waals surface area contributed by atoms with Gasteiger partial charge >= 0.3 is 0 Å². The van der Waals surface area contributed by atoms with Crippen molar-refractivity contribution in [2.75, 3.05) is 32.8 Å². The molecule has 0 radical (unpaired) electrons. The van der Waals surface area contributed by atoms with Crippen LogP contribution >= 0.6 is 0 Å². The van der Waals surface area contributed by atoms with Crippen molar-refractivity contribution in [2.24, 2.45) is 28.6 Å². The van der Waals surface area contributed by atoms with Crippen LogP contribution in [0.2, 0.25) is 0 Å². The molecule has 0 aromatic rings. The number of Topliss-reactive ketones (excluding diaryl/α,β-unsaturated/α-hetero) is 1. The number of carbonyl (C=O) groups excluding carboxylic acids is 5. The molecule has 0 bridgehead atoms. The van der Waals surface area contributed by atoms with Gasteiger partial charge in [0.1, 0.15) is 6.04 Å². The molecule has 7 atom stereocenters. The average Bonchev–Trinajstić information content (AvgIpc) is 3.38. The number of rotatable bonds is 15. The van der Waals surface area contributed by atoms with Crippen LogP contribution in [0.5, 0.6) is 0 Å². The van der Waals surface area contributed by atoms with Gasteiger partial charge in [-0.15, -0.1) is 0 Å². The van der Waals surface area contributed by atoms with Gasteiger partial charge in [-0.05, 0) is 67.6 Å². The van der Waals surface area contributed by atoms with Crippen LogP contribution in [0.3, 0.4) is 0 Å². The minimum Gasteiger partial charge on any atom is -0.349 e. The van der Waals surface area contributed by atoms with E-state index in [0.29, 0.717) is 39.1 Å². The topological polar surface area (TPSA) is 140 Å². The molecule has 266 valence electrons. The number of piperidine rings is 2. The number of nitrogens with zero attached hydrogens (tertiary/aromatic N) is 2. The van der Waals surface area contributed by atoms with Gasteiger partial charge in [-0.2, -0.15) is 0 Å². The molecule has 4 rings (SSSR count). The Hall–Kier alpha value is -2.53. The van der Waals surface area contributed by atoms with E-state index in [0.717, 1.165) is 57.9 Å². The molecule has 0 aromatic carbocycles. The van der Waals surface area contributed by atoms with Crippen molar-refractivity contribution in [3.05, 3.63) is 0 Å². The number of likely N-dealkylation sites (tertiary alicyclic amines) is 2. The zero-order chi connectivity index (χ0) is 34.5. The van der Waals surface area contributed by atoms with E-state index >= 15 is 0 Å². The zero-order valence-corrected chi connectivity index (χ0v) is 30.1. The number of amides is 4. The molecular formula is C36H62N6O5. The molecule has 4 amide bonds. The van der Waals surface area contributed by atoms with Crippen LogP contribution in [0, 0.1) is 28.6 Å². The number of fused-ring (bicyclic) bond motifs is 1. The third-order valence-electron chi connectivity index (χ3n) is 11.8. The third kappa shape index (κ3) is 8.56. The van der Waals surface area contributed by atoms with Gasteiger partial charge in [-0.25, -0.2) is 0 Å². The monoisotopic (exact) mass is 658 g/mol. The highest BCUT2D eigenvalue weighted by atomic mass is 16.2. The maximum atomic E-state index is 14.6. The summed E-state index contributed by atoms with van der Waals surface area (Å²) in [5.74, 6) is -1.17. The van der Waals surface area contributed by atoms with Gasteiger partial charge < -0.3 is 20.4 Å². The standard InChI is InChI=1S/C36H62N6O5/c1-8-18-37-33(46)31(44)23(3)40-32(45)30-28-25(36(28,7)9-2)20-42(30)34(47)29(24-15-11-10-12-16-24)39-22-38-26(35(4,5)6)21-41-19-14-13-17-27(41)43/h23-26,28-30,38-39H,8-22H2,1-7H3,(H,37,46)(H,40,45)/t23?,25-,26+,28?,29-,30-,36?/m0/s1. The van der Waals surface area contributed by atoms with Gasteiger partial charge in [-0.3, -0.25) is 34.6 Å². The fourth-order valence-electron chi connectivity index (χ4n) is 8.35. The molecule has 2 saturated heterocycles. The van der Waals surface area contributed by atoms with Gasteiger partial charge in [-0.1, -0.05) is 67.2 Å². The Morgan fingerprint density at radius 3 is 2.32 bits per heavy atom. The lowest BCUT2D eigenvalue weighted by Gasteiger charge is -2.39. The Balaban J connectivity index is 1.49. The maximum absolute atomic E-state index is 14.6. The van der Waals surface area contributed by atoms with Crippen LogP contribution in [0.1, 0.15) is 113 Å². The van der Waals surface area contributed by atoms with Crippen LogP contribution in [-0.4, -0.2) is 96.2 Å². The molecule has 11 nitrogen and oxygen atoms in total. The summed E-state index contributed by atoms with van der Waals surface area (Å²) in [7, 11) is 0. The second-order valence-electron chi connectivity index (χ2n) is 16.0. The Labute approximate surface area is 282 Å². The highest BCUT2D eigenvalue weighted by molar-refractivity contribution is 6.38. The number of nitrogens with one attached hydrogen (secondary N) is 4. The third-order valence-corrected chi connectivity index (χ3v) is 11.8. The quantitative estimate of drug-likeness (QED) is 0.157. The minimum atomic E-state index is -0.987. The van der Waals surface area contributed by atoms with Crippen LogP contribution < -0.4 is 21.3 Å². The van der Waals surface area contributed by atoms with E-state index in [1.807, 2.05) is 11.8 Å². The zero-order valence-electron chi connectivity index (χ0n) is 30.1. The van der Waals surface area contributed by atoms with Crippen molar-refractivity contribution < 1.29 is 24.0 Å². The van der Waals surface area contributed by atoms with E-state index < -0.39 is 29.8 Å². The molecule has 0 spiro atoms. The summed E-state index contributed by atoms with van der Waals surface area (Å²) in [6, 6.07) is -2.07. The molecule has 11 heteroatoms. The van der Waals surface area contributed by atoms with Gasteiger partial charge in [0.15, 0.2) is 0 Å². The van der Waals surface area contributed by atoms with E-state index in [1.165, 1.54) is 6.92 Å². The van der Waals surface area contributed by atoms with E-state index in [9.17, 15) is 24.0 Å². The summed E-state index contributed by atoms with van der Waals surface area (Å²) in [6.45, 7) is 17.0. The van der Waals surface area contributed by atoms with E-state index in [-0.39, 0.29) is 52.3 Å². The summed E-state index contributed by atoms with van der Waals surface area (Å²) in [5.41, 5.74) is -0.138. The molecule has 4 aliphatic rings. The first-order valence-electron chi connectivity index (χ1n) is 18.4. The molecule has 2 heterocycles. The van der Waals surface area contributed by atoms with Crippen molar-refractivity contribution in [1.29, 1.82) is 0 Å². The van der Waals surface area contributed by atoms with Crippen molar-refractivity contribution in [3.8, 4) is 0 Å². The van der Waals surface area contributed by atoms with E-state index in [1.54, 1.807) is 4.90 Å². The molecule has 0 aromatic heterocycles. The lowest BCUT2D eigenvalue weighted by molar-refractivity contribution is -0.145. The largest absolute Gasteiger partial charge is 0.349 e. The second-order valence-corrected chi connectivity index (χ2v) is 16.0. The first-order valence-corrected chi connectivity index (χ1v) is 18.4. The van der Waals surface area contributed by atoms with Gasteiger partial charge in [0.05, 0.1) is 12.1 Å². The second kappa shape index (κ2) is 15.8. The predicted octanol–water partition coefficient (Wildman–Crippen LogP) is 2.97. The summed E-state index contributed by atoms with van der Waals surface area (Å²) < 4.78 is 0. The lowest BCUT2D eigenvalue weighted by Crippen LogP contribution is -2.60. The summed E-state index contributed by atoms with van der Waals surface area (Å²) in [5, 5.41) is 12.6. The van der Waals surface area contributed by atoms with Crippen LogP contribution in [-0.2, 0) is 24.0 Å². The lowest BCUT2D eigenvalue weighted by atomic mass is 9.83. The van der Waals surface area contributed by atoms with Gasteiger partial charge in [0.25, 0.3) is 5.91 Å². The SMILES string of the molecule is CCCNC(=O)C(=O)C(C)NC(=O)[C@@H]1C2[C@H](CN1C(=O)[C@@H](NCN[C@H](CN1CCCCC1=O)C(C)(C)C)C1CCCCC1)C2(C)CC. The minimum absolute atomic E-state index is 0.0187. The number of ketones is 1. The molecular weight excluding hydrogens is 596 g/mol. The first-order chi connectivity index (χ1) is 22.2. The first kappa shape index (κ1) is 37.3. The molecule has 2 aliphatic heterocycles. The molecule has 2 saturated carbocycles. The van der Waals surface area contributed by atoms with E-state index in [2.05, 4.69) is 55.9 Å². The van der Waals surface area contributed by atoms with Crippen LogP contribution in [0.25, 0.3) is 0 Å². The Morgan fingerprint density at radius 2 is 1.70 bits per heavy atom. The number of carbonyl (C=O) groups is 5. The number of hydrogen-bond donors (Lipinski definition) is 4. The number of hydrogen-bond acceptors (Lipinski definition) is 7. The average molecular weight is 659 g/mol. The highest BCUT2D eigenvalue weighted by Gasteiger charge is 2.71. The molecule has 2 aliphatic carbocycles. The normalized spacial score (nSPS) is 28.3. The molecule has 47 heavy (non-hydrogen) atoms. The Kier molecular flexibility index (Phi) is 12.5. The Morgan fingerprint density at radius 1 is 1.00 bits per heavy atom. The Bertz CT molecular complexity index is 1150. The smallest absolute Gasteiger partial charge is 0.289 e. The summed E-state index contributed by atoms with van der Waals surface area (Å²) in [6.07, 6.45) is 9.43. The van der Waals surface area contributed by atoms with Gasteiger partial charge in [0, 0.05) is 45.3 Å². The summed E-state index contributed by atoms with van der Waals surface area (Å²) >= 11 is 0. The predicted molar refractivity (Wildman–Crippen MR) is 182 cm³/mol. The molecule has 4 N–H and O–H groups in total. The van der Waals surface area contributed by atoms with Crippen molar-refractivity contribution in [2.45, 2.75) is 137 Å². The fraction of sp³-hybridized carbons (Fsp3) is 0.861. The van der Waals surface area contributed by atoms with Gasteiger partial charge in [0.2, 0.25) is 23.5 Å². The fourth-order valence-corrected chi connectivity index (χ4v) is 8.35. The van der Waals surface area contributed by atoms with E-state index in [4.69, 9.17) is 0 Å². The maximum Gasteiger partial charge on any atom is 0.289 e.